The lowest BCUT2D eigenvalue weighted by molar-refractivity contribution is -0.130. The van der Waals surface area contributed by atoms with Gasteiger partial charge in [-0.05, 0) is 19.1 Å². The van der Waals surface area contributed by atoms with Gasteiger partial charge in [0.1, 0.15) is 18.8 Å². The molecule has 2 aromatic rings. The predicted molar refractivity (Wildman–Crippen MR) is 78.8 cm³/mol. The number of aromatic nitrogens is 3. The van der Waals surface area contributed by atoms with Crippen molar-refractivity contribution < 1.29 is 14.3 Å². The number of aryl methyl sites for hydroxylation is 1. The molecule has 1 amide bonds. The number of nitrogens with one attached hydrogen (secondary N) is 1. The highest BCUT2D eigenvalue weighted by atomic mass is 16.6. The van der Waals surface area contributed by atoms with Crippen LogP contribution in [0.25, 0.3) is 0 Å². The highest BCUT2D eigenvalue weighted by Crippen LogP contribution is 2.30. The fraction of sp³-hybridized carbons (Fsp3) is 0.400. The highest BCUT2D eigenvalue weighted by molar-refractivity contribution is 5.81. The van der Waals surface area contributed by atoms with Crippen LogP contribution < -0.4 is 14.8 Å². The van der Waals surface area contributed by atoms with Crippen molar-refractivity contribution in [3.8, 4) is 11.5 Å². The standard InChI is InChI=1S/C15H18N4O3/c1-2-19-10-17-18-14(19)7-8-16-15(20)13-9-21-11-5-3-4-6-12(11)22-13/h3-6,10,13H,2,7-9H2,1H3,(H,16,20)/t13-/m0/s1. The normalized spacial score (nSPS) is 16.3. The second kappa shape index (κ2) is 6.46. The van der Waals surface area contributed by atoms with E-state index in [9.17, 15) is 4.79 Å². The van der Waals surface area contributed by atoms with Gasteiger partial charge in [-0.25, -0.2) is 0 Å². The number of fused-ring (bicyclic) bond motifs is 1. The first-order valence-corrected chi connectivity index (χ1v) is 7.31. The smallest absolute Gasteiger partial charge is 0.264 e. The van der Waals surface area contributed by atoms with Gasteiger partial charge in [-0.15, -0.1) is 10.2 Å². The number of benzene rings is 1. The Bertz CT molecular complexity index is 656. The Kier molecular flexibility index (Phi) is 4.22. The average molecular weight is 302 g/mol. The van der Waals surface area contributed by atoms with Gasteiger partial charge in [0.25, 0.3) is 5.91 Å². The van der Waals surface area contributed by atoms with Gasteiger partial charge in [0.15, 0.2) is 11.5 Å². The summed E-state index contributed by atoms with van der Waals surface area (Å²) in [7, 11) is 0. The molecule has 7 nitrogen and oxygen atoms in total. The lowest BCUT2D eigenvalue weighted by Crippen LogP contribution is -2.44. The largest absolute Gasteiger partial charge is 0.485 e. The Morgan fingerprint density at radius 1 is 1.41 bits per heavy atom. The van der Waals surface area contributed by atoms with E-state index < -0.39 is 6.10 Å². The molecular weight excluding hydrogens is 284 g/mol. The zero-order chi connectivity index (χ0) is 15.4. The van der Waals surface area contributed by atoms with Crippen LogP contribution in [0.4, 0.5) is 0 Å². The molecule has 0 saturated carbocycles. The van der Waals surface area contributed by atoms with Crippen molar-refractivity contribution in [2.75, 3.05) is 13.2 Å². The summed E-state index contributed by atoms with van der Waals surface area (Å²) in [6, 6.07) is 7.33. The summed E-state index contributed by atoms with van der Waals surface area (Å²) in [6.45, 7) is 3.54. The van der Waals surface area contributed by atoms with Gasteiger partial charge in [-0.3, -0.25) is 4.79 Å². The molecule has 1 aliphatic heterocycles. The summed E-state index contributed by atoms with van der Waals surface area (Å²) >= 11 is 0. The molecule has 1 aromatic heterocycles. The van der Waals surface area contributed by atoms with Gasteiger partial charge in [-0.2, -0.15) is 0 Å². The summed E-state index contributed by atoms with van der Waals surface area (Å²) in [5.74, 6) is 1.94. The molecule has 116 valence electrons. The molecule has 0 fully saturated rings. The molecule has 0 saturated heterocycles. The monoisotopic (exact) mass is 302 g/mol. The molecule has 0 aliphatic carbocycles. The van der Waals surface area contributed by atoms with Crippen LogP contribution >= 0.6 is 0 Å². The number of hydrogen-bond donors (Lipinski definition) is 1. The minimum Gasteiger partial charge on any atom is -0.485 e. The van der Waals surface area contributed by atoms with Crippen LogP contribution in [0.3, 0.4) is 0 Å². The summed E-state index contributed by atoms with van der Waals surface area (Å²) in [5, 5.41) is 10.7. The number of carbonyl (C=O) groups is 1. The van der Waals surface area contributed by atoms with Gasteiger partial charge in [0, 0.05) is 19.5 Å². The van der Waals surface area contributed by atoms with Crippen molar-refractivity contribution in [1.29, 1.82) is 0 Å². The van der Waals surface area contributed by atoms with Crippen molar-refractivity contribution >= 4 is 5.91 Å². The van der Waals surface area contributed by atoms with Crippen LogP contribution in [0.5, 0.6) is 11.5 Å². The zero-order valence-corrected chi connectivity index (χ0v) is 12.4. The maximum atomic E-state index is 12.1. The third kappa shape index (κ3) is 3.03. The first-order chi connectivity index (χ1) is 10.8. The van der Waals surface area contributed by atoms with Crippen molar-refractivity contribution in [1.82, 2.24) is 20.1 Å². The number of hydrogen-bond acceptors (Lipinski definition) is 5. The number of para-hydroxylation sites is 2. The number of nitrogens with zero attached hydrogens (tertiary/aromatic N) is 3. The highest BCUT2D eigenvalue weighted by Gasteiger charge is 2.26. The van der Waals surface area contributed by atoms with Crippen molar-refractivity contribution in [2.24, 2.45) is 0 Å². The summed E-state index contributed by atoms with van der Waals surface area (Å²) in [4.78, 5) is 12.1. The predicted octanol–water partition coefficient (Wildman–Crippen LogP) is 0.797. The molecule has 1 N–H and O–H groups in total. The number of carbonyl (C=O) groups excluding carboxylic acids is 1. The molecule has 22 heavy (non-hydrogen) atoms. The number of ether oxygens (including phenoxy) is 2. The molecule has 0 spiro atoms. The third-order valence-electron chi connectivity index (χ3n) is 3.49. The van der Waals surface area contributed by atoms with Crippen molar-refractivity contribution in [3.63, 3.8) is 0 Å². The van der Waals surface area contributed by atoms with E-state index in [4.69, 9.17) is 9.47 Å². The van der Waals surface area contributed by atoms with E-state index in [1.54, 1.807) is 12.4 Å². The fourth-order valence-electron chi connectivity index (χ4n) is 2.30. The number of amides is 1. The van der Waals surface area contributed by atoms with E-state index in [1.165, 1.54) is 0 Å². The van der Waals surface area contributed by atoms with Gasteiger partial charge >= 0.3 is 0 Å². The first kappa shape index (κ1) is 14.4. The molecule has 1 aromatic carbocycles. The van der Waals surface area contributed by atoms with Crippen molar-refractivity contribution in [3.05, 3.63) is 36.4 Å². The van der Waals surface area contributed by atoms with Crippen LogP contribution in [0, 0.1) is 0 Å². The lowest BCUT2D eigenvalue weighted by Gasteiger charge is -2.25. The molecule has 0 bridgehead atoms. The quantitative estimate of drug-likeness (QED) is 0.884. The molecule has 7 heteroatoms. The summed E-state index contributed by atoms with van der Waals surface area (Å²) in [5.41, 5.74) is 0. The van der Waals surface area contributed by atoms with E-state index in [1.807, 2.05) is 29.7 Å². The van der Waals surface area contributed by atoms with E-state index in [0.717, 1.165) is 12.4 Å². The van der Waals surface area contributed by atoms with Crippen LogP contribution in [0.1, 0.15) is 12.7 Å². The Labute approximate surface area is 128 Å². The molecule has 0 radical (unpaired) electrons. The van der Waals surface area contributed by atoms with Crippen molar-refractivity contribution in [2.45, 2.75) is 26.0 Å². The minimum atomic E-state index is -0.626. The van der Waals surface area contributed by atoms with Gasteiger partial charge in [0.05, 0.1) is 0 Å². The minimum absolute atomic E-state index is 0.183. The van der Waals surface area contributed by atoms with Gasteiger partial charge in [-0.1, -0.05) is 12.1 Å². The Morgan fingerprint density at radius 3 is 3.05 bits per heavy atom. The van der Waals surface area contributed by atoms with E-state index >= 15 is 0 Å². The van der Waals surface area contributed by atoms with Gasteiger partial charge < -0.3 is 19.4 Å². The Hall–Kier alpha value is -2.57. The molecular formula is C15H18N4O3. The first-order valence-electron chi connectivity index (χ1n) is 7.31. The SMILES string of the molecule is CCn1cnnc1CCNC(=O)[C@@H]1COc2ccccc2O1. The maximum absolute atomic E-state index is 12.1. The third-order valence-corrected chi connectivity index (χ3v) is 3.49. The average Bonchev–Trinajstić information content (AvgIpc) is 3.01. The fourth-order valence-corrected chi connectivity index (χ4v) is 2.30. The van der Waals surface area contributed by atoms with E-state index in [0.29, 0.717) is 24.5 Å². The van der Waals surface area contributed by atoms with Crippen LogP contribution in [-0.4, -0.2) is 39.9 Å². The van der Waals surface area contributed by atoms with E-state index in [-0.39, 0.29) is 12.5 Å². The topological polar surface area (TPSA) is 78.3 Å². The molecule has 0 unspecified atom stereocenters. The second-order valence-corrected chi connectivity index (χ2v) is 4.94. The van der Waals surface area contributed by atoms with Crippen LogP contribution in [0.2, 0.25) is 0 Å². The Morgan fingerprint density at radius 2 is 2.23 bits per heavy atom. The lowest BCUT2D eigenvalue weighted by atomic mass is 10.2. The molecule has 1 aliphatic rings. The summed E-state index contributed by atoms with van der Waals surface area (Å²) < 4.78 is 13.1. The Balaban J connectivity index is 1.51. The van der Waals surface area contributed by atoms with Crippen LogP contribution in [-0.2, 0) is 17.8 Å². The summed E-state index contributed by atoms with van der Waals surface area (Å²) in [6.07, 6.45) is 1.69. The number of rotatable bonds is 5. The van der Waals surface area contributed by atoms with Gasteiger partial charge in [0.2, 0.25) is 6.10 Å². The molecule has 3 rings (SSSR count). The second-order valence-electron chi connectivity index (χ2n) is 4.94. The molecule has 2 heterocycles. The van der Waals surface area contributed by atoms with Crippen LogP contribution in [0.15, 0.2) is 30.6 Å². The molecule has 1 atom stereocenters. The van der Waals surface area contributed by atoms with E-state index in [2.05, 4.69) is 15.5 Å². The zero-order valence-electron chi connectivity index (χ0n) is 12.4. The maximum Gasteiger partial charge on any atom is 0.264 e.